The van der Waals surface area contributed by atoms with Gasteiger partial charge in [-0.2, -0.15) is 0 Å². The van der Waals surface area contributed by atoms with E-state index < -0.39 is 0 Å². The van der Waals surface area contributed by atoms with Gasteiger partial charge in [-0.25, -0.2) is 0 Å². The molecule has 1 heterocycles. The van der Waals surface area contributed by atoms with E-state index in [2.05, 4.69) is 28.2 Å². The number of aldehydes is 1. The number of aliphatic imine (C=N–C) groups is 1. The van der Waals surface area contributed by atoms with E-state index in [0.29, 0.717) is 12.1 Å². The van der Waals surface area contributed by atoms with Crippen LogP contribution in [-0.4, -0.2) is 50.2 Å². The molecule has 0 aliphatic carbocycles. The maximum atomic E-state index is 10.5. The molecule has 1 fully saturated rings. The van der Waals surface area contributed by atoms with Crippen molar-refractivity contribution in [1.29, 1.82) is 0 Å². The summed E-state index contributed by atoms with van der Waals surface area (Å²) >= 11 is 0. The van der Waals surface area contributed by atoms with Gasteiger partial charge in [0.2, 0.25) is 0 Å². The second kappa shape index (κ2) is 10.3. The summed E-state index contributed by atoms with van der Waals surface area (Å²) in [6.45, 7) is 3.60. The van der Waals surface area contributed by atoms with Crippen molar-refractivity contribution in [2.45, 2.75) is 12.8 Å². The number of hydrogen-bond acceptors (Lipinski definition) is 4. The van der Waals surface area contributed by atoms with Gasteiger partial charge in [0.05, 0.1) is 18.9 Å². The highest BCUT2D eigenvalue weighted by Crippen LogP contribution is 1.98. The third-order valence-corrected chi connectivity index (χ3v) is 2.77. The normalized spacial score (nSPS) is 17.9. The standard InChI is InChI=1S/C15H22N2O2/c1-16-15(14-18)8-6-4-2-3-5-7-9-17-10-12-19-13-11-17/h2-4,6-7,9,14H,5,8,10-13H2,1H3/b3-2-,6-4-,9-7+,16-15?. The Morgan fingerprint density at radius 1 is 1.21 bits per heavy atom. The zero-order chi connectivity index (χ0) is 13.8. The smallest absolute Gasteiger partial charge is 0.164 e. The fraction of sp³-hybridized carbons (Fsp3) is 0.467. The van der Waals surface area contributed by atoms with Gasteiger partial charge < -0.3 is 9.64 Å². The van der Waals surface area contributed by atoms with Gasteiger partial charge in [-0.3, -0.25) is 9.79 Å². The highest BCUT2D eigenvalue weighted by molar-refractivity contribution is 6.28. The molecule has 1 aliphatic heterocycles. The number of morpholine rings is 1. The van der Waals surface area contributed by atoms with Gasteiger partial charge in [-0.05, 0) is 12.6 Å². The lowest BCUT2D eigenvalue weighted by molar-refractivity contribution is -0.102. The summed E-state index contributed by atoms with van der Waals surface area (Å²) in [4.78, 5) is 16.6. The minimum Gasteiger partial charge on any atom is -0.378 e. The van der Waals surface area contributed by atoms with Crippen LogP contribution in [-0.2, 0) is 9.53 Å². The molecule has 0 aromatic carbocycles. The van der Waals surface area contributed by atoms with Crippen molar-refractivity contribution >= 4 is 12.0 Å². The molecule has 0 N–H and O–H groups in total. The lowest BCUT2D eigenvalue weighted by Crippen LogP contribution is -2.31. The molecule has 1 aliphatic rings. The Morgan fingerprint density at radius 2 is 1.95 bits per heavy atom. The molecule has 4 heteroatoms. The lowest BCUT2D eigenvalue weighted by atomic mass is 10.2. The number of carbonyl (C=O) groups is 1. The van der Waals surface area contributed by atoms with Crippen LogP contribution in [0, 0.1) is 0 Å². The fourth-order valence-corrected chi connectivity index (χ4v) is 1.63. The van der Waals surface area contributed by atoms with E-state index >= 15 is 0 Å². The number of carbonyl (C=O) groups excluding carboxylic acids is 1. The van der Waals surface area contributed by atoms with Gasteiger partial charge in [0.15, 0.2) is 6.29 Å². The predicted molar refractivity (Wildman–Crippen MR) is 78.5 cm³/mol. The predicted octanol–water partition coefficient (Wildman–Crippen LogP) is 1.99. The summed E-state index contributed by atoms with van der Waals surface area (Å²) < 4.78 is 5.28. The van der Waals surface area contributed by atoms with E-state index in [0.717, 1.165) is 39.0 Å². The Morgan fingerprint density at radius 3 is 2.63 bits per heavy atom. The number of ether oxygens (including phenoxy) is 1. The monoisotopic (exact) mass is 262 g/mol. The van der Waals surface area contributed by atoms with Crippen LogP contribution in [0.3, 0.4) is 0 Å². The maximum absolute atomic E-state index is 10.5. The highest BCUT2D eigenvalue weighted by Gasteiger charge is 2.03. The van der Waals surface area contributed by atoms with E-state index in [-0.39, 0.29) is 0 Å². The highest BCUT2D eigenvalue weighted by atomic mass is 16.5. The van der Waals surface area contributed by atoms with Gasteiger partial charge in [-0.15, -0.1) is 0 Å². The topological polar surface area (TPSA) is 41.9 Å². The second-order valence-electron chi connectivity index (χ2n) is 4.16. The molecule has 0 spiro atoms. The SMILES string of the molecule is CN=C(C=O)C/C=C\C=C/C/C=C/N1CCOCC1. The number of allylic oxidation sites excluding steroid dienone is 5. The summed E-state index contributed by atoms with van der Waals surface area (Å²) in [5.41, 5.74) is 0.567. The minimum atomic E-state index is 0.567. The molecule has 19 heavy (non-hydrogen) atoms. The number of nitrogens with zero attached hydrogens (tertiary/aromatic N) is 2. The van der Waals surface area contributed by atoms with Crippen LogP contribution in [0.15, 0.2) is 41.6 Å². The van der Waals surface area contributed by atoms with Crippen molar-refractivity contribution in [1.82, 2.24) is 4.90 Å². The van der Waals surface area contributed by atoms with Crippen LogP contribution in [0.1, 0.15) is 12.8 Å². The first-order valence-corrected chi connectivity index (χ1v) is 6.57. The third-order valence-electron chi connectivity index (χ3n) is 2.77. The summed E-state index contributed by atoms with van der Waals surface area (Å²) in [5, 5.41) is 0. The van der Waals surface area contributed by atoms with Crippen LogP contribution >= 0.6 is 0 Å². The molecule has 0 radical (unpaired) electrons. The van der Waals surface area contributed by atoms with Gasteiger partial charge in [0.25, 0.3) is 0 Å². The van der Waals surface area contributed by atoms with Crippen LogP contribution in [0.25, 0.3) is 0 Å². The van der Waals surface area contributed by atoms with E-state index in [1.54, 1.807) is 7.05 Å². The summed E-state index contributed by atoms with van der Waals surface area (Å²) in [5.74, 6) is 0. The third kappa shape index (κ3) is 7.36. The van der Waals surface area contributed by atoms with Crippen molar-refractivity contribution in [3.8, 4) is 0 Å². The molecule has 0 atom stereocenters. The largest absolute Gasteiger partial charge is 0.378 e. The molecule has 104 valence electrons. The maximum Gasteiger partial charge on any atom is 0.164 e. The van der Waals surface area contributed by atoms with Crippen molar-refractivity contribution in [3.63, 3.8) is 0 Å². The van der Waals surface area contributed by atoms with Crippen LogP contribution in [0.4, 0.5) is 0 Å². The Hall–Kier alpha value is -1.68. The summed E-state index contributed by atoms with van der Waals surface area (Å²) in [6.07, 6.45) is 14.5. The van der Waals surface area contributed by atoms with Crippen molar-refractivity contribution < 1.29 is 9.53 Å². The van der Waals surface area contributed by atoms with Gasteiger partial charge >= 0.3 is 0 Å². The first-order chi connectivity index (χ1) is 9.36. The van der Waals surface area contributed by atoms with Crippen molar-refractivity contribution in [2.24, 2.45) is 4.99 Å². The van der Waals surface area contributed by atoms with Gasteiger partial charge in [-0.1, -0.05) is 30.4 Å². The lowest BCUT2D eigenvalue weighted by Gasteiger charge is -2.24. The second-order valence-corrected chi connectivity index (χ2v) is 4.16. The van der Waals surface area contributed by atoms with Gasteiger partial charge in [0, 0.05) is 26.6 Å². The number of rotatable bonds is 7. The molecule has 0 aromatic heterocycles. The number of hydrogen-bond donors (Lipinski definition) is 0. The summed E-state index contributed by atoms with van der Waals surface area (Å²) in [6, 6.07) is 0. The van der Waals surface area contributed by atoms with Crippen LogP contribution in [0.2, 0.25) is 0 Å². The van der Waals surface area contributed by atoms with Crippen molar-refractivity contribution in [3.05, 3.63) is 36.6 Å². The molecule has 1 rings (SSSR count). The Labute approximate surface area is 115 Å². The first kappa shape index (κ1) is 15.4. The molecule has 1 saturated heterocycles. The minimum absolute atomic E-state index is 0.567. The molecule has 0 amide bonds. The van der Waals surface area contributed by atoms with Crippen LogP contribution in [0.5, 0.6) is 0 Å². The zero-order valence-electron chi connectivity index (χ0n) is 11.5. The molecule has 0 aromatic rings. The zero-order valence-corrected chi connectivity index (χ0v) is 11.5. The average molecular weight is 262 g/mol. The fourth-order valence-electron chi connectivity index (χ4n) is 1.63. The first-order valence-electron chi connectivity index (χ1n) is 6.57. The van der Waals surface area contributed by atoms with Gasteiger partial charge in [0.1, 0.15) is 0 Å². The molecule has 0 bridgehead atoms. The Kier molecular flexibility index (Phi) is 8.31. The van der Waals surface area contributed by atoms with Crippen molar-refractivity contribution in [2.75, 3.05) is 33.4 Å². The van der Waals surface area contributed by atoms with E-state index in [1.165, 1.54) is 0 Å². The van der Waals surface area contributed by atoms with E-state index in [1.807, 2.05) is 18.2 Å². The van der Waals surface area contributed by atoms with Crippen LogP contribution < -0.4 is 0 Å². The molecule has 0 saturated carbocycles. The molecular formula is C15H22N2O2. The van der Waals surface area contributed by atoms with E-state index in [9.17, 15) is 4.79 Å². The molecular weight excluding hydrogens is 240 g/mol. The average Bonchev–Trinajstić information content (AvgIpc) is 2.47. The molecule has 4 nitrogen and oxygen atoms in total. The quantitative estimate of drug-likeness (QED) is 0.400. The Bertz CT molecular complexity index is 364. The van der Waals surface area contributed by atoms with E-state index in [4.69, 9.17) is 4.74 Å². The Balaban J connectivity index is 2.14. The molecule has 0 unspecified atom stereocenters. The summed E-state index contributed by atoms with van der Waals surface area (Å²) in [7, 11) is 1.63.